The molecule has 0 N–H and O–H groups in total. The Kier molecular flexibility index (Phi) is 5.34. The van der Waals surface area contributed by atoms with E-state index in [2.05, 4.69) is 13.2 Å². The van der Waals surface area contributed by atoms with Crippen LogP contribution in [0.1, 0.15) is 32.0 Å². The minimum absolute atomic E-state index is 0.202. The molecule has 0 aromatic carbocycles. The summed E-state index contributed by atoms with van der Waals surface area (Å²) in [6.45, 7) is 12.6. The normalized spacial score (nSPS) is 12.8. The number of nitrogens with zero attached hydrogens (tertiary/aromatic N) is 2. The number of imidazole rings is 1. The maximum absolute atomic E-state index is 12.5. The van der Waals surface area contributed by atoms with Gasteiger partial charge in [0.2, 0.25) is 0 Å². The summed E-state index contributed by atoms with van der Waals surface area (Å²) >= 11 is 5.76. The summed E-state index contributed by atoms with van der Waals surface area (Å²) in [5, 5.41) is 1.13. The molecule has 1 rings (SSSR count). The first-order valence-electron chi connectivity index (χ1n) is 6.33. The second-order valence-electron chi connectivity index (χ2n) is 4.52. The zero-order chi connectivity index (χ0) is 15.4. The van der Waals surface area contributed by atoms with Gasteiger partial charge >= 0.3 is 5.69 Å². The molecule has 0 aliphatic heterocycles. The van der Waals surface area contributed by atoms with Gasteiger partial charge in [0.05, 0.1) is 10.7 Å². The van der Waals surface area contributed by atoms with Crippen molar-refractivity contribution in [2.24, 2.45) is 0 Å². The molecular formula is C15H19ClN2O2. The van der Waals surface area contributed by atoms with Crippen molar-refractivity contribution < 1.29 is 4.79 Å². The zero-order valence-electron chi connectivity index (χ0n) is 12.1. The number of carbonyl (C=O) groups is 1. The van der Waals surface area contributed by atoms with Crippen molar-refractivity contribution in [2.45, 2.75) is 27.2 Å². The number of carbonyl (C=O) groups excluding carboxylic acids is 1. The molecule has 0 spiro atoms. The molecule has 0 saturated carbocycles. The largest absolute Gasteiger partial charge is 0.340 e. The Morgan fingerprint density at radius 2 is 1.75 bits per heavy atom. The molecule has 20 heavy (non-hydrogen) atoms. The van der Waals surface area contributed by atoms with Crippen LogP contribution in [0.25, 0.3) is 17.8 Å². The smallest absolute Gasteiger partial charge is 0.269 e. The first-order chi connectivity index (χ1) is 9.36. The molecule has 0 saturated heterocycles. The van der Waals surface area contributed by atoms with E-state index in [4.69, 9.17) is 11.6 Å². The predicted octanol–water partition coefficient (Wildman–Crippen LogP) is 1.57. The van der Waals surface area contributed by atoms with Gasteiger partial charge < -0.3 is 0 Å². The monoisotopic (exact) mass is 294 g/mol. The van der Waals surface area contributed by atoms with Crippen LogP contribution in [-0.2, 0) is 0 Å². The predicted molar refractivity (Wildman–Crippen MR) is 84.3 cm³/mol. The molecule has 0 unspecified atom stereocenters. The Morgan fingerprint density at radius 1 is 1.20 bits per heavy atom. The maximum Gasteiger partial charge on any atom is 0.340 e. The van der Waals surface area contributed by atoms with E-state index in [1.54, 1.807) is 19.9 Å². The Hall–Kier alpha value is -1.81. The van der Waals surface area contributed by atoms with Crippen LogP contribution in [0.4, 0.5) is 0 Å². The van der Waals surface area contributed by atoms with Crippen LogP contribution in [0.2, 0.25) is 0 Å². The summed E-state index contributed by atoms with van der Waals surface area (Å²) in [5.41, 5.74) is 0.395. The van der Waals surface area contributed by atoms with Gasteiger partial charge in [-0.05, 0) is 26.3 Å². The number of rotatable bonds is 4. The Morgan fingerprint density at radius 3 is 2.15 bits per heavy atom. The van der Waals surface area contributed by atoms with Crippen molar-refractivity contribution in [2.75, 3.05) is 5.88 Å². The van der Waals surface area contributed by atoms with Crippen LogP contribution >= 0.6 is 11.6 Å². The van der Waals surface area contributed by atoms with Gasteiger partial charge in [-0.25, -0.2) is 9.36 Å². The fourth-order valence-electron chi connectivity index (χ4n) is 1.95. The molecular weight excluding hydrogens is 276 g/mol. The van der Waals surface area contributed by atoms with Gasteiger partial charge in [-0.3, -0.25) is 9.36 Å². The zero-order valence-corrected chi connectivity index (χ0v) is 12.8. The molecule has 0 aliphatic carbocycles. The SMILES string of the molecule is C=C(C)C(=O)n1c(=CCCl)c(=CCC)n(C(=C)C)c1=O. The maximum atomic E-state index is 12.5. The summed E-state index contributed by atoms with van der Waals surface area (Å²) < 4.78 is 2.52. The molecule has 0 radical (unpaired) electrons. The molecule has 0 aliphatic rings. The topological polar surface area (TPSA) is 44.0 Å². The highest BCUT2D eigenvalue weighted by Gasteiger charge is 2.16. The Labute approximate surface area is 123 Å². The lowest BCUT2D eigenvalue weighted by Crippen LogP contribution is -2.37. The van der Waals surface area contributed by atoms with E-state index in [1.807, 2.05) is 13.0 Å². The first-order valence-corrected chi connectivity index (χ1v) is 6.86. The molecule has 108 valence electrons. The lowest BCUT2D eigenvalue weighted by Gasteiger charge is -2.00. The van der Waals surface area contributed by atoms with Gasteiger partial charge in [-0.2, -0.15) is 0 Å². The molecule has 0 bridgehead atoms. The average Bonchev–Trinajstić information content (AvgIpc) is 2.62. The van der Waals surface area contributed by atoms with Crippen LogP contribution in [-0.4, -0.2) is 20.9 Å². The highest BCUT2D eigenvalue weighted by atomic mass is 35.5. The minimum Gasteiger partial charge on any atom is -0.269 e. The van der Waals surface area contributed by atoms with Crippen molar-refractivity contribution in [1.82, 2.24) is 9.13 Å². The molecule has 1 heterocycles. The van der Waals surface area contributed by atoms with Gasteiger partial charge in [0, 0.05) is 17.2 Å². The van der Waals surface area contributed by atoms with Gasteiger partial charge in [0.25, 0.3) is 5.91 Å². The number of alkyl halides is 1. The molecule has 0 amide bonds. The quantitative estimate of drug-likeness (QED) is 0.625. The van der Waals surface area contributed by atoms with E-state index >= 15 is 0 Å². The molecule has 4 nitrogen and oxygen atoms in total. The van der Waals surface area contributed by atoms with E-state index in [-0.39, 0.29) is 5.88 Å². The van der Waals surface area contributed by atoms with Crippen molar-refractivity contribution >= 4 is 35.4 Å². The third kappa shape index (κ3) is 2.85. The summed E-state index contributed by atoms with van der Waals surface area (Å²) in [6.07, 6.45) is 4.24. The number of aromatic nitrogens is 2. The van der Waals surface area contributed by atoms with E-state index in [9.17, 15) is 9.59 Å². The Bertz CT molecular complexity index is 735. The van der Waals surface area contributed by atoms with Crippen molar-refractivity contribution in [1.29, 1.82) is 0 Å². The first kappa shape index (κ1) is 16.2. The molecule has 1 aromatic heterocycles. The van der Waals surface area contributed by atoms with Crippen LogP contribution < -0.4 is 16.4 Å². The number of hydrogen-bond donors (Lipinski definition) is 0. The van der Waals surface area contributed by atoms with Gasteiger partial charge in [-0.15, -0.1) is 11.6 Å². The van der Waals surface area contributed by atoms with Gasteiger partial charge in [-0.1, -0.05) is 26.2 Å². The summed E-state index contributed by atoms with van der Waals surface area (Å²) in [5.74, 6) is -0.231. The van der Waals surface area contributed by atoms with Crippen LogP contribution in [0, 0.1) is 0 Å². The number of halogens is 1. The average molecular weight is 295 g/mol. The standard InChI is InChI=1S/C15H19ClN2O2/c1-6-7-12-13(8-9-16)18(14(19)10(2)3)15(20)17(12)11(4)5/h7-8H,2,4,6,9H2,1,3,5H3. The van der Waals surface area contributed by atoms with Crippen molar-refractivity contribution in [3.8, 4) is 0 Å². The van der Waals surface area contributed by atoms with Crippen LogP contribution in [0.3, 0.4) is 0 Å². The fourth-order valence-corrected chi connectivity index (χ4v) is 2.10. The highest BCUT2D eigenvalue weighted by Crippen LogP contribution is 1.94. The minimum atomic E-state index is -0.443. The van der Waals surface area contributed by atoms with Crippen LogP contribution in [0.5, 0.6) is 0 Å². The summed E-state index contributed by atoms with van der Waals surface area (Å²) in [4.78, 5) is 24.7. The summed E-state index contributed by atoms with van der Waals surface area (Å²) in [7, 11) is 0. The number of allylic oxidation sites excluding steroid dienone is 2. The molecule has 1 aromatic rings. The van der Waals surface area contributed by atoms with Gasteiger partial charge in [0.15, 0.2) is 0 Å². The third-order valence-corrected chi connectivity index (χ3v) is 2.90. The summed E-state index contributed by atoms with van der Waals surface area (Å²) in [6, 6.07) is 0. The Balaban J connectivity index is 4.02. The number of hydrogen-bond acceptors (Lipinski definition) is 2. The lowest BCUT2D eigenvalue weighted by molar-refractivity contribution is 0.0948. The third-order valence-electron chi connectivity index (χ3n) is 2.74. The molecule has 0 fully saturated rings. The highest BCUT2D eigenvalue weighted by molar-refractivity contribution is 6.20. The van der Waals surface area contributed by atoms with E-state index in [0.29, 0.717) is 22.0 Å². The van der Waals surface area contributed by atoms with Crippen molar-refractivity contribution in [3.05, 3.63) is 39.9 Å². The van der Waals surface area contributed by atoms with Crippen LogP contribution in [0.15, 0.2) is 23.5 Å². The molecule has 5 heteroatoms. The van der Waals surface area contributed by atoms with Crippen molar-refractivity contribution in [3.63, 3.8) is 0 Å². The fraction of sp³-hybridized carbons (Fsp3) is 0.333. The van der Waals surface area contributed by atoms with E-state index in [1.165, 1.54) is 4.57 Å². The molecule has 0 atom stereocenters. The second-order valence-corrected chi connectivity index (χ2v) is 4.82. The lowest BCUT2D eigenvalue weighted by atomic mass is 10.3. The van der Waals surface area contributed by atoms with E-state index in [0.717, 1.165) is 11.0 Å². The van der Waals surface area contributed by atoms with Gasteiger partial charge in [0.1, 0.15) is 0 Å². The van der Waals surface area contributed by atoms with E-state index < -0.39 is 11.6 Å². The second kappa shape index (κ2) is 6.57.